The molecule has 1 aliphatic rings. The molecule has 0 aliphatic carbocycles. The molecule has 0 bridgehead atoms. The van der Waals surface area contributed by atoms with Gasteiger partial charge >= 0.3 is 0 Å². The van der Waals surface area contributed by atoms with Gasteiger partial charge in [0.1, 0.15) is 12.4 Å². The summed E-state index contributed by atoms with van der Waals surface area (Å²) < 4.78 is 11.2. The molecule has 0 aromatic heterocycles. The van der Waals surface area contributed by atoms with Gasteiger partial charge in [0.25, 0.3) is 0 Å². The molecule has 1 saturated heterocycles. The quantitative estimate of drug-likeness (QED) is 0.753. The minimum atomic E-state index is -0.246. The summed E-state index contributed by atoms with van der Waals surface area (Å²) in [6.45, 7) is 9.39. The van der Waals surface area contributed by atoms with Crippen molar-refractivity contribution in [3.63, 3.8) is 0 Å². The molecule has 1 fully saturated rings. The molecule has 1 aromatic rings. The van der Waals surface area contributed by atoms with E-state index in [-0.39, 0.29) is 11.3 Å². The molecule has 134 valence electrons. The smallest absolute Gasteiger partial charge is 0.218 e. The largest absolute Gasteiger partial charge is 0.492 e. The van der Waals surface area contributed by atoms with Gasteiger partial charge in [-0.1, -0.05) is 26.0 Å². The minimum absolute atomic E-state index is 0.168. The van der Waals surface area contributed by atoms with Crippen LogP contribution in [0.5, 0.6) is 5.75 Å². The van der Waals surface area contributed by atoms with Gasteiger partial charge in [0.15, 0.2) is 0 Å². The summed E-state index contributed by atoms with van der Waals surface area (Å²) >= 11 is 0. The van der Waals surface area contributed by atoms with E-state index in [2.05, 4.69) is 30.9 Å². The predicted octanol–water partition coefficient (Wildman–Crippen LogP) is 2.33. The Morgan fingerprint density at radius 3 is 2.38 bits per heavy atom. The maximum Gasteiger partial charge on any atom is 0.218 e. The zero-order valence-corrected chi connectivity index (χ0v) is 14.9. The molecule has 24 heavy (non-hydrogen) atoms. The van der Waals surface area contributed by atoms with E-state index in [1.54, 1.807) is 0 Å². The zero-order chi connectivity index (χ0) is 17.4. The Labute approximate surface area is 145 Å². The topological polar surface area (TPSA) is 64.8 Å². The van der Waals surface area contributed by atoms with E-state index >= 15 is 0 Å². The van der Waals surface area contributed by atoms with Gasteiger partial charge < -0.3 is 15.2 Å². The summed E-state index contributed by atoms with van der Waals surface area (Å²) in [6, 6.07) is 8.13. The van der Waals surface area contributed by atoms with Crippen LogP contribution in [0.2, 0.25) is 0 Å². The van der Waals surface area contributed by atoms with Crippen LogP contribution in [0, 0.1) is 0 Å². The fraction of sp³-hybridized carbons (Fsp3) is 0.632. The first-order chi connectivity index (χ1) is 11.6. The highest BCUT2D eigenvalue weighted by Gasteiger charge is 2.30. The summed E-state index contributed by atoms with van der Waals surface area (Å²) in [7, 11) is 0. The Morgan fingerprint density at radius 1 is 1.21 bits per heavy atom. The SMILES string of the molecule is CCC(CC)(CC(N)=O)c1ccc(OCCN2CCOCC2)cc1. The first-order valence-electron chi connectivity index (χ1n) is 8.91. The molecule has 5 heteroatoms. The van der Waals surface area contributed by atoms with Crippen molar-refractivity contribution in [1.82, 2.24) is 4.90 Å². The normalized spacial score (nSPS) is 16.1. The molecule has 5 nitrogen and oxygen atoms in total. The molecular formula is C19H30N2O3. The van der Waals surface area contributed by atoms with Crippen molar-refractivity contribution in [2.75, 3.05) is 39.5 Å². The Hall–Kier alpha value is -1.59. The lowest BCUT2D eigenvalue weighted by atomic mass is 9.73. The molecule has 0 unspecified atom stereocenters. The number of rotatable bonds is 9. The van der Waals surface area contributed by atoms with Crippen molar-refractivity contribution < 1.29 is 14.3 Å². The van der Waals surface area contributed by atoms with Crippen LogP contribution in [-0.4, -0.2) is 50.3 Å². The molecule has 0 atom stereocenters. The van der Waals surface area contributed by atoms with Crippen molar-refractivity contribution in [1.29, 1.82) is 0 Å². The van der Waals surface area contributed by atoms with Crippen molar-refractivity contribution in [3.8, 4) is 5.75 Å². The first-order valence-corrected chi connectivity index (χ1v) is 8.91. The maximum atomic E-state index is 11.4. The maximum absolute atomic E-state index is 11.4. The molecule has 2 rings (SSSR count). The Bertz CT molecular complexity index is 506. The molecule has 1 aromatic carbocycles. The Kier molecular flexibility index (Phi) is 7.06. The average Bonchev–Trinajstić information content (AvgIpc) is 2.61. The number of ether oxygens (including phenoxy) is 2. The standard InChI is InChI=1S/C19H30N2O3/c1-3-19(4-2,15-18(20)22)16-5-7-17(8-6-16)24-14-11-21-9-12-23-13-10-21/h5-8H,3-4,9-15H2,1-2H3,(H2,20,22). The summed E-state index contributed by atoms with van der Waals surface area (Å²) in [4.78, 5) is 13.8. The highest BCUT2D eigenvalue weighted by atomic mass is 16.5. The van der Waals surface area contributed by atoms with Gasteiger partial charge in [0, 0.05) is 31.5 Å². The van der Waals surface area contributed by atoms with Crippen LogP contribution in [0.1, 0.15) is 38.7 Å². The highest BCUT2D eigenvalue weighted by Crippen LogP contribution is 2.35. The summed E-state index contributed by atoms with van der Waals surface area (Å²) in [5, 5.41) is 0. The lowest BCUT2D eigenvalue weighted by molar-refractivity contribution is -0.119. The monoisotopic (exact) mass is 334 g/mol. The predicted molar refractivity (Wildman–Crippen MR) is 95.3 cm³/mol. The Balaban J connectivity index is 1.92. The second-order valence-electron chi connectivity index (χ2n) is 6.46. The van der Waals surface area contributed by atoms with Gasteiger partial charge in [0.05, 0.1) is 13.2 Å². The molecule has 0 saturated carbocycles. The molecule has 1 aliphatic heterocycles. The van der Waals surface area contributed by atoms with Crippen LogP contribution in [0.3, 0.4) is 0 Å². The molecule has 1 amide bonds. The van der Waals surface area contributed by atoms with Gasteiger partial charge in [0.2, 0.25) is 5.91 Å². The van der Waals surface area contributed by atoms with E-state index in [0.717, 1.165) is 57.0 Å². The number of hydrogen-bond donors (Lipinski definition) is 1. The third kappa shape index (κ3) is 4.95. The fourth-order valence-corrected chi connectivity index (χ4v) is 3.37. The number of amides is 1. The van der Waals surface area contributed by atoms with Crippen LogP contribution in [-0.2, 0) is 14.9 Å². The zero-order valence-electron chi connectivity index (χ0n) is 14.9. The summed E-state index contributed by atoms with van der Waals surface area (Å²) in [5.41, 5.74) is 6.45. The van der Waals surface area contributed by atoms with Gasteiger partial charge in [-0.3, -0.25) is 9.69 Å². The molecule has 1 heterocycles. The fourth-order valence-electron chi connectivity index (χ4n) is 3.37. The van der Waals surface area contributed by atoms with Gasteiger partial charge in [-0.2, -0.15) is 0 Å². The number of primary amides is 1. The molecule has 2 N–H and O–H groups in total. The number of carbonyl (C=O) groups excluding carboxylic acids is 1. The van der Waals surface area contributed by atoms with Crippen molar-refractivity contribution >= 4 is 5.91 Å². The van der Waals surface area contributed by atoms with Gasteiger partial charge in [-0.25, -0.2) is 0 Å². The van der Waals surface area contributed by atoms with Crippen LogP contribution >= 0.6 is 0 Å². The van der Waals surface area contributed by atoms with E-state index in [0.29, 0.717) is 13.0 Å². The molecule has 0 radical (unpaired) electrons. The van der Waals surface area contributed by atoms with Crippen LogP contribution in [0.4, 0.5) is 0 Å². The third-order valence-corrected chi connectivity index (χ3v) is 5.11. The van der Waals surface area contributed by atoms with E-state index in [1.165, 1.54) is 0 Å². The lowest BCUT2D eigenvalue weighted by Crippen LogP contribution is -2.38. The minimum Gasteiger partial charge on any atom is -0.492 e. The Morgan fingerprint density at radius 2 is 1.83 bits per heavy atom. The summed E-state index contributed by atoms with van der Waals surface area (Å²) in [5.74, 6) is 0.622. The van der Waals surface area contributed by atoms with Crippen molar-refractivity contribution in [2.24, 2.45) is 5.73 Å². The molecule has 0 spiro atoms. The second kappa shape index (κ2) is 9.04. The number of nitrogens with two attached hydrogens (primary N) is 1. The van der Waals surface area contributed by atoms with Crippen molar-refractivity contribution in [3.05, 3.63) is 29.8 Å². The van der Waals surface area contributed by atoms with E-state index < -0.39 is 0 Å². The van der Waals surface area contributed by atoms with Crippen molar-refractivity contribution in [2.45, 2.75) is 38.5 Å². The first kappa shape index (κ1) is 18.7. The average molecular weight is 334 g/mol. The van der Waals surface area contributed by atoms with E-state index in [1.807, 2.05) is 12.1 Å². The number of hydrogen-bond acceptors (Lipinski definition) is 4. The van der Waals surface area contributed by atoms with Gasteiger partial charge in [-0.15, -0.1) is 0 Å². The lowest BCUT2D eigenvalue weighted by Gasteiger charge is -2.31. The number of carbonyl (C=O) groups is 1. The number of nitrogens with zero attached hydrogens (tertiary/aromatic N) is 1. The van der Waals surface area contributed by atoms with E-state index in [9.17, 15) is 4.79 Å². The molecular weight excluding hydrogens is 304 g/mol. The summed E-state index contributed by atoms with van der Waals surface area (Å²) in [6.07, 6.45) is 2.17. The van der Waals surface area contributed by atoms with Gasteiger partial charge in [-0.05, 0) is 30.5 Å². The van der Waals surface area contributed by atoms with E-state index in [4.69, 9.17) is 15.2 Å². The van der Waals surface area contributed by atoms with Crippen LogP contribution < -0.4 is 10.5 Å². The second-order valence-corrected chi connectivity index (χ2v) is 6.46. The third-order valence-electron chi connectivity index (χ3n) is 5.11. The van der Waals surface area contributed by atoms with Crippen LogP contribution in [0.15, 0.2) is 24.3 Å². The highest BCUT2D eigenvalue weighted by molar-refractivity contribution is 5.75. The number of morpholine rings is 1. The van der Waals surface area contributed by atoms with Crippen LogP contribution in [0.25, 0.3) is 0 Å². The number of benzene rings is 1.